The maximum Gasteiger partial charge on any atom is 0.130 e. The highest BCUT2D eigenvalue weighted by Gasteiger charge is 2.07. The van der Waals surface area contributed by atoms with Crippen molar-refractivity contribution in [3.05, 3.63) is 84.5 Å². The smallest absolute Gasteiger partial charge is 0.130 e. The van der Waals surface area contributed by atoms with Crippen LogP contribution in [0.25, 0.3) is 27.7 Å². The van der Waals surface area contributed by atoms with Gasteiger partial charge in [0.05, 0.1) is 18.2 Å². The molecule has 2 aromatic heterocycles. The molecule has 1 N–H and O–H groups in total. The number of benzene rings is 2. The summed E-state index contributed by atoms with van der Waals surface area (Å²) in [6.45, 7) is 8.63. The van der Waals surface area contributed by atoms with Crippen molar-refractivity contribution in [2.45, 2.75) is 26.7 Å². The van der Waals surface area contributed by atoms with Gasteiger partial charge in [0.2, 0.25) is 0 Å². The summed E-state index contributed by atoms with van der Waals surface area (Å²) in [5, 5.41) is 5.62. The minimum Gasteiger partial charge on any atom is -0.340 e. The fourth-order valence-electron chi connectivity index (χ4n) is 3.72. The SMILES string of the molecule is C=C(Nc1cc2cc(-c3cncn3C)ccc2cn1)c1ccc(CC)c(CC)c1. The number of rotatable bonds is 6. The van der Waals surface area contributed by atoms with Gasteiger partial charge < -0.3 is 9.88 Å². The summed E-state index contributed by atoms with van der Waals surface area (Å²) in [5.74, 6) is 0.794. The lowest BCUT2D eigenvalue weighted by Gasteiger charge is -2.13. The van der Waals surface area contributed by atoms with E-state index in [9.17, 15) is 0 Å². The largest absolute Gasteiger partial charge is 0.340 e. The molecule has 0 saturated heterocycles. The van der Waals surface area contributed by atoms with Gasteiger partial charge in [0, 0.05) is 29.9 Å². The molecule has 0 aliphatic heterocycles. The minimum absolute atomic E-state index is 0.794. The number of aromatic nitrogens is 3. The van der Waals surface area contributed by atoms with Crippen molar-refractivity contribution in [1.82, 2.24) is 14.5 Å². The summed E-state index contributed by atoms with van der Waals surface area (Å²) in [5.41, 5.74) is 6.96. The third-order valence-corrected chi connectivity index (χ3v) is 5.43. The van der Waals surface area contributed by atoms with Gasteiger partial charge in [-0.15, -0.1) is 0 Å². The number of pyridine rings is 1. The molecule has 2 aromatic carbocycles. The van der Waals surface area contributed by atoms with Crippen LogP contribution in [0, 0.1) is 0 Å². The van der Waals surface area contributed by atoms with Gasteiger partial charge in [-0.3, -0.25) is 0 Å². The monoisotopic (exact) mass is 382 g/mol. The highest BCUT2D eigenvalue weighted by Crippen LogP contribution is 2.26. The Morgan fingerprint density at radius 1 is 0.966 bits per heavy atom. The standard InChI is InChI=1S/C25H26N4/c1-5-18-7-8-20(11-19(18)6-2)17(3)28-25-13-23-12-21(9-10-22(23)14-27-25)24-15-26-16-29(24)4/h7-16H,3,5-6H2,1-2,4H3,(H,27,28). The number of nitrogens with one attached hydrogen (secondary N) is 1. The van der Waals surface area contributed by atoms with Crippen LogP contribution in [0.3, 0.4) is 0 Å². The van der Waals surface area contributed by atoms with E-state index in [1.165, 1.54) is 11.1 Å². The minimum atomic E-state index is 0.794. The van der Waals surface area contributed by atoms with Crippen molar-refractivity contribution < 1.29 is 0 Å². The Kier molecular flexibility index (Phi) is 5.17. The first-order valence-corrected chi connectivity index (χ1v) is 10.0. The van der Waals surface area contributed by atoms with Crippen molar-refractivity contribution in [3.63, 3.8) is 0 Å². The van der Waals surface area contributed by atoms with E-state index < -0.39 is 0 Å². The second-order valence-corrected chi connectivity index (χ2v) is 7.32. The van der Waals surface area contributed by atoms with Crippen LogP contribution in [0.1, 0.15) is 30.5 Å². The zero-order chi connectivity index (χ0) is 20.4. The Balaban J connectivity index is 1.62. The summed E-state index contributed by atoms with van der Waals surface area (Å²) in [6.07, 6.45) is 7.67. The van der Waals surface area contributed by atoms with Crippen LogP contribution in [-0.4, -0.2) is 14.5 Å². The predicted octanol–water partition coefficient (Wildman–Crippen LogP) is 5.84. The van der Waals surface area contributed by atoms with Crippen molar-refractivity contribution in [2.24, 2.45) is 7.05 Å². The fourth-order valence-corrected chi connectivity index (χ4v) is 3.72. The molecular weight excluding hydrogens is 356 g/mol. The molecule has 0 radical (unpaired) electrons. The molecule has 0 aliphatic rings. The molecule has 0 saturated carbocycles. The van der Waals surface area contributed by atoms with E-state index in [1.807, 2.05) is 30.3 Å². The summed E-state index contributed by atoms with van der Waals surface area (Å²) >= 11 is 0. The first-order valence-electron chi connectivity index (χ1n) is 10.0. The van der Waals surface area contributed by atoms with Gasteiger partial charge in [0.1, 0.15) is 5.82 Å². The maximum absolute atomic E-state index is 4.57. The average Bonchev–Trinajstić information content (AvgIpc) is 3.18. The van der Waals surface area contributed by atoms with Crippen molar-refractivity contribution in [2.75, 3.05) is 5.32 Å². The van der Waals surface area contributed by atoms with Crippen LogP contribution in [0.5, 0.6) is 0 Å². The lowest BCUT2D eigenvalue weighted by Crippen LogP contribution is -2.01. The van der Waals surface area contributed by atoms with Crippen LogP contribution in [-0.2, 0) is 19.9 Å². The third kappa shape index (κ3) is 3.79. The van der Waals surface area contributed by atoms with Crippen molar-refractivity contribution >= 4 is 22.3 Å². The van der Waals surface area contributed by atoms with E-state index in [1.54, 1.807) is 0 Å². The quantitative estimate of drug-likeness (QED) is 0.455. The molecule has 0 spiro atoms. The molecule has 4 aromatic rings. The van der Waals surface area contributed by atoms with E-state index in [4.69, 9.17) is 0 Å². The molecule has 0 unspecified atom stereocenters. The summed E-state index contributed by atoms with van der Waals surface area (Å²) < 4.78 is 2.02. The van der Waals surface area contributed by atoms with E-state index in [0.29, 0.717) is 0 Å². The van der Waals surface area contributed by atoms with Gasteiger partial charge in [0.15, 0.2) is 0 Å². The van der Waals surface area contributed by atoms with Gasteiger partial charge in [-0.1, -0.05) is 44.7 Å². The van der Waals surface area contributed by atoms with Crippen LogP contribution < -0.4 is 5.32 Å². The number of aryl methyl sites for hydroxylation is 3. The Labute approximate surface area is 172 Å². The number of nitrogens with zero attached hydrogens (tertiary/aromatic N) is 3. The molecule has 2 heterocycles. The Morgan fingerprint density at radius 3 is 2.52 bits per heavy atom. The zero-order valence-electron chi connectivity index (χ0n) is 17.2. The van der Waals surface area contributed by atoms with Crippen molar-refractivity contribution in [3.8, 4) is 11.3 Å². The number of hydrogen-bond acceptors (Lipinski definition) is 3. The average molecular weight is 383 g/mol. The van der Waals surface area contributed by atoms with E-state index in [2.05, 4.69) is 78.2 Å². The lowest BCUT2D eigenvalue weighted by atomic mass is 9.99. The fraction of sp³-hybridized carbons (Fsp3) is 0.200. The van der Waals surface area contributed by atoms with Crippen LogP contribution in [0.4, 0.5) is 5.82 Å². The molecule has 4 heteroatoms. The van der Waals surface area contributed by atoms with Crippen LogP contribution in [0.2, 0.25) is 0 Å². The highest BCUT2D eigenvalue weighted by molar-refractivity contribution is 5.89. The molecule has 0 fully saturated rings. The summed E-state index contributed by atoms with van der Waals surface area (Å²) in [4.78, 5) is 8.79. The Hall–Kier alpha value is -3.40. The normalized spacial score (nSPS) is 11.0. The van der Waals surface area contributed by atoms with Gasteiger partial charge in [0.25, 0.3) is 0 Å². The molecule has 146 valence electrons. The summed E-state index contributed by atoms with van der Waals surface area (Å²) in [6, 6.07) is 15.0. The number of hydrogen-bond donors (Lipinski definition) is 1. The van der Waals surface area contributed by atoms with Gasteiger partial charge >= 0.3 is 0 Å². The second-order valence-electron chi connectivity index (χ2n) is 7.32. The van der Waals surface area contributed by atoms with Crippen LogP contribution >= 0.6 is 0 Å². The van der Waals surface area contributed by atoms with Gasteiger partial charge in [-0.25, -0.2) is 9.97 Å². The molecule has 4 rings (SSSR count). The first kappa shape index (κ1) is 18.9. The number of imidazole rings is 1. The maximum atomic E-state index is 4.57. The molecule has 4 nitrogen and oxygen atoms in total. The van der Waals surface area contributed by atoms with E-state index in [0.717, 1.165) is 51.9 Å². The second kappa shape index (κ2) is 7.92. The highest BCUT2D eigenvalue weighted by atomic mass is 15.0. The molecule has 0 atom stereocenters. The molecule has 0 bridgehead atoms. The lowest BCUT2D eigenvalue weighted by molar-refractivity contribution is 0.921. The van der Waals surface area contributed by atoms with Gasteiger partial charge in [-0.05, 0) is 53.1 Å². The summed E-state index contributed by atoms with van der Waals surface area (Å²) in [7, 11) is 2.00. The van der Waals surface area contributed by atoms with Crippen LogP contribution in [0.15, 0.2) is 67.8 Å². The van der Waals surface area contributed by atoms with E-state index in [-0.39, 0.29) is 0 Å². The molecular formula is C25H26N4. The zero-order valence-corrected chi connectivity index (χ0v) is 17.2. The Morgan fingerprint density at radius 2 is 1.79 bits per heavy atom. The van der Waals surface area contributed by atoms with E-state index >= 15 is 0 Å². The molecule has 29 heavy (non-hydrogen) atoms. The first-order chi connectivity index (χ1) is 14.1. The number of fused-ring (bicyclic) bond motifs is 1. The predicted molar refractivity (Wildman–Crippen MR) is 122 cm³/mol. The number of anilines is 1. The molecule has 0 aliphatic carbocycles. The third-order valence-electron chi connectivity index (χ3n) is 5.43. The van der Waals surface area contributed by atoms with Gasteiger partial charge in [-0.2, -0.15) is 0 Å². The topological polar surface area (TPSA) is 42.7 Å². The van der Waals surface area contributed by atoms with Crippen molar-refractivity contribution in [1.29, 1.82) is 0 Å². The molecule has 0 amide bonds. The Bertz CT molecular complexity index is 1190.